The predicted molar refractivity (Wildman–Crippen MR) is 65.0 cm³/mol. The van der Waals surface area contributed by atoms with E-state index < -0.39 is 0 Å². The van der Waals surface area contributed by atoms with Crippen molar-refractivity contribution in [1.29, 1.82) is 0 Å². The lowest BCUT2D eigenvalue weighted by atomic mass is 9.92. The van der Waals surface area contributed by atoms with Crippen LogP contribution in [0.2, 0.25) is 0 Å². The van der Waals surface area contributed by atoms with Gasteiger partial charge in [-0.1, -0.05) is 13.8 Å². The van der Waals surface area contributed by atoms with Gasteiger partial charge < -0.3 is 16.4 Å². The van der Waals surface area contributed by atoms with E-state index in [0.29, 0.717) is 23.6 Å². The minimum atomic E-state index is 0.199. The Morgan fingerprint density at radius 1 is 1.44 bits per heavy atom. The summed E-state index contributed by atoms with van der Waals surface area (Å²) in [5, 5.41) is 0. The molecule has 0 radical (unpaired) electrons. The number of nitrogens with two attached hydrogens (primary N) is 2. The lowest BCUT2D eigenvalue weighted by Crippen LogP contribution is -2.32. The average Bonchev–Trinajstić information content (AvgIpc) is 2.60. The second kappa shape index (κ2) is 4.25. The van der Waals surface area contributed by atoms with Gasteiger partial charge in [0.05, 0.1) is 0 Å². The molecule has 16 heavy (non-hydrogen) atoms. The standard InChI is InChI=1S/C11H19N5/c1-7(2)8-5-16(6-9(8)12)11-14-4-3-10(13)15-11/h3-4,7-9H,5-6,12H2,1-2H3,(H2,13,14,15)/t8-,9+/m0/s1. The second-order valence-electron chi connectivity index (χ2n) is 4.76. The summed E-state index contributed by atoms with van der Waals surface area (Å²) in [7, 11) is 0. The van der Waals surface area contributed by atoms with Gasteiger partial charge in [-0.15, -0.1) is 0 Å². The summed E-state index contributed by atoms with van der Waals surface area (Å²) < 4.78 is 0. The Morgan fingerprint density at radius 2 is 2.19 bits per heavy atom. The van der Waals surface area contributed by atoms with Crippen molar-refractivity contribution in [1.82, 2.24) is 9.97 Å². The van der Waals surface area contributed by atoms with Crippen LogP contribution >= 0.6 is 0 Å². The SMILES string of the molecule is CC(C)[C@@H]1CN(c2nccc(N)n2)C[C@H]1N. The lowest BCUT2D eigenvalue weighted by Gasteiger charge is -2.18. The molecule has 88 valence electrons. The highest BCUT2D eigenvalue weighted by atomic mass is 15.3. The molecule has 2 heterocycles. The van der Waals surface area contributed by atoms with Crippen molar-refractivity contribution in [3.63, 3.8) is 0 Å². The molecule has 0 aliphatic carbocycles. The third-order valence-corrected chi connectivity index (χ3v) is 3.22. The Kier molecular flexibility index (Phi) is 2.96. The maximum absolute atomic E-state index is 6.12. The topological polar surface area (TPSA) is 81.1 Å². The van der Waals surface area contributed by atoms with E-state index in [2.05, 4.69) is 28.7 Å². The van der Waals surface area contributed by atoms with Crippen LogP contribution in [0.4, 0.5) is 11.8 Å². The predicted octanol–water partition coefficient (Wildman–Crippen LogP) is 0.478. The molecule has 4 N–H and O–H groups in total. The van der Waals surface area contributed by atoms with E-state index in [1.165, 1.54) is 0 Å². The summed E-state index contributed by atoms with van der Waals surface area (Å²) in [5.41, 5.74) is 11.8. The normalized spacial score (nSPS) is 25.4. The van der Waals surface area contributed by atoms with Gasteiger partial charge in [0.1, 0.15) is 5.82 Å². The Labute approximate surface area is 95.9 Å². The van der Waals surface area contributed by atoms with Gasteiger partial charge >= 0.3 is 0 Å². The van der Waals surface area contributed by atoms with Crippen molar-refractivity contribution in [3.05, 3.63) is 12.3 Å². The van der Waals surface area contributed by atoms with Crippen molar-refractivity contribution < 1.29 is 0 Å². The fraction of sp³-hybridized carbons (Fsp3) is 0.636. The van der Waals surface area contributed by atoms with Gasteiger partial charge in [0.15, 0.2) is 0 Å². The molecule has 0 spiro atoms. The van der Waals surface area contributed by atoms with Gasteiger partial charge in [-0.25, -0.2) is 4.98 Å². The Morgan fingerprint density at radius 3 is 2.75 bits per heavy atom. The van der Waals surface area contributed by atoms with Crippen molar-refractivity contribution >= 4 is 11.8 Å². The molecule has 5 nitrogen and oxygen atoms in total. The van der Waals surface area contributed by atoms with Crippen LogP contribution in [-0.4, -0.2) is 29.1 Å². The zero-order valence-electron chi connectivity index (χ0n) is 9.80. The van der Waals surface area contributed by atoms with Gasteiger partial charge in [-0.2, -0.15) is 4.98 Å². The molecule has 0 unspecified atom stereocenters. The summed E-state index contributed by atoms with van der Waals surface area (Å²) in [5.74, 6) is 2.29. The number of aromatic nitrogens is 2. The van der Waals surface area contributed by atoms with Crippen LogP contribution in [0.15, 0.2) is 12.3 Å². The molecule has 2 rings (SSSR count). The summed E-state index contributed by atoms with van der Waals surface area (Å²) in [6.45, 7) is 6.14. The molecule has 1 fully saturated rings. The van der Waals surface area contributed by atoms with Crippen LogP contribution < -0.4 is 16.4 Å². The van der Waals surface area contributed by atoms with Crippen molar-refractivity contribution in [2.75, 3.05) is 23.7 Å². The molecule has 0 bridgehead atoms. The van der Waals surface area contributed by atoms with Crippen LogP contribution in [0.5, 0.6) is 0 Å². The van der Waals surface area contributed by atoms with Crippen LogP contribution in [0.1, 0.15) is 13.8 Å². The molecule has 1 aliphatic rings. The fourth-order valence-electron chi connectivity index (χ4n) is 2.24. The fourth-order valence-corrected chi connectivity index (χ4v) is 2.24. The minimum absolute atomic E-state index is 0.199. The molecule has 0 saturated carbocycles. The molecular weight excluding hydrogens is 202 g/mol. The Hall–Kier alpha value is -1.36. The first kappa shape index (κ1) is 11.1. The van der Waals surface area contributed by atoms with Crippen LogP contribution in [0.25, 0.3) is 0 Å². The van der Waals surface area contributed by atoms with Gasteiger partial charge in [-0.05, 0) is 17.9 Å². The molecule has 0 amide bonds. The van der Waals surface area contributed by atoms with E-state index in [4.69, 9.17) is 11.5 Å². The van der Waals surface area contributed by atoms with Crippen molar-refractivity contribution in [2.45, 2.75) is 19.9 Å². The van der Waals surface area contributed by atoms with E-state index in [9.17, 15) is 0 Å². The zero-order chi connectivity index (χ0) is 11.7. The summed E-state index contributed by atoms with van der Waals surface area (Å²) in [6.07, 6.45) is 1.69. The number of nitrogens with zero attached hydrogens (tertiary/aromatic N) is 3. The van der Waals surface area contributed by atoms with Gasteiger partial charge in [0.2, 0.25) is 5.95 Å². The Balaban J connectivity index is 2.13. The molecule has 2 atom stereocenters. The van der Waals surface area contributed by atoms with Gasteiger partial charge in [0, 0.05) is 25.3 Å². The maximum Gasteiger partial charge on any atom is 0.227 e. The zero-order valence-corrected chi connectivity index (χ0v) is 9.80. The molecule has 1 aromatic rings. The van der Waals surface area contributed by atoms with E-state index in [1.807, 2.05) is 0 Å². The first-order valence-electron chi connectivity index (χ1n) is 5.67. The highest BCUT2D eigenvalue weighted by Crippen LogP contribution is 2.25. The smallest absolute Gasteiger partial charge is 0.227 e. The summed E-state index contributed by atoms with van der Waals surface area (Å²) in [4.78, 5) is 10.6. The molecule has 0 aromatic carbocycles. The summed E-state index contributed by atoms with van der Waals surface area (Å²) >= 11 is 0. The number of rotatable bonds is 2. The highest BCUT2D eigenvalue weighted by molar-refractivity contribution is 5.39. The van der Waals surface area contributed by atoms with Crippen molar-refractivity contribution in [2.24, 2.45) is 17.6 Å². The molecule has 1 aromatic heterocycles. The first-order valence-corrected chi connectivity index (χ1v) is 5.67. The van der Waals surface area contributed by atoms with Gasteiger partial charge in [-0.3, -0.25) is 0 Å². The first-order chi connectivity index (χ1) is 7.58. The van der Waals surface area contributed by atoms with Crippen LogP contribution in [0.3, 0.4) is 0 Å². The molecule has 1 saturated heterocycles. The summed E-state index contributed by atoms with van der Waals surface area (Å²) in [6, 6.07) is 1.89. The number of anilines is 2. The average molecular weight is 221 g/mol. The molecular formula is C11H19N5. The maximum atomic E-state index is 6.12. The second-order valence-corrected chi connectivity index (χ2v) is 4.76. The third kappa shape index (κ3) is 2.09. The van der Waals surface area contributed by atoms with E-state index >= 15 is 0 Å². The Bertz CT molecular complexity index is 365. The van der Waals surface area contributed by atoms with Crippen LogP contribution in [0, 0.1) is 11.8 Å². The number of nitrogen functional groups attached to an aromatic ring is 1. The molecule has 5 heteroatoms. The molecule has 1 aliphatic heterocycles. The van der Waals surface area contributed by atoms with Crippen molar-refractivity contribution in [3.8, 4) is 0 Å². The number of hydrogen-bond acceptors (Lipinski definition) is 5. The van der Waals surface area contributed by atoms with E-state index in [0.717, 1.165) is 13.1 Å². The largest absolute Gasteiger partial charge is 0.384 e. The van der Waals surface area contributed by atoms with E-state index in [-0.39, 0.29) is 6.04 Å². The lowest BCUT2D eigenvalue weighted by molar-refractivity contribution is 0.382. The monoisotopic (exact) mass is 221 g/mol. The quantitative estimate of drug-likeness (QED) is 0.759. The minimum Gasteiger partial charge on any atom is -0.384 e. The van der Waals surface area contributed by atoms with Gasteiger partial charge in [0.25, 0.3) is 0 Å². The highest BCUT2D eigenvalue weighted by Gasteiger charge is 2.33. The van der Waals surface area contributed by atoms with E-state index in [1.54, 1.807) is 12.3 Å². The third-order valence-electron chi connectivity index (χ3n) is 3.22. The van der Waals surface area contributed by atoms with Crippen LogP contribution in [-0.2, 0) is 0 Å². The number of hydrogen-bond donors (Lipinski definition) is 2.